The Morgan fingerprint density at radius 2 is 1.73 bits per heavy atom. The Labute approximate surface area is 103 Å². The fourth-order valence-corrected chi connectivity index (χ4v) is 2.60. The van der Waals surface area contributed by atoms with Gasteiger partial charge < -0.3 is 9.31 Å². The normalized spacial score (nSPS) is 23.4. The molecular formula is C10H14BBrO2S. The Balaban J connectivity index is 2.23. The van der Waals surface area contributed by atoms with E-state index >= 15 is 0 Å². The summed E-state index contributed by atoms with van der Waals surface area (Å²) in [5.74, 6) is 0. The highest BCUT2D eigenvalue weighted by atomic mass is 79.9. The van der Waals surface area contributed by atoms with Gasteiger partial charge in [0.1, 0.15) is 0 Å². The molecule has 0 aromatic carbocycles. The van der Waals surface area contributed by atoms with Crippen LogP contribution < -0.4 is 5.46 Å². The Bertz CT molecular complexity index is 359. The van der Waals surface area contributed by atoms with E-state index in [4.69, 9.17) is 9.31 Å². The molecular weight excluding hydrogens is 275 g/mol. The predicted molar refractivity (Wildman–Crippen MR) is 67.7 cm³/mol. The van der Waals surface area contributed by atoms with Crippen molar-refractivity contribution in [3.8, 4) is 0 Å². The van der Waals surface area contributed by atoms with Gasteiger partial charge in [0, 0.05) is 0 Å². The van der Waals surface area contributed by atoms with E-state index in [1.165, 1.54) is 0 Å². The minimum Gasteiger partial charge on any atom is -0.399 e. The second-order valence-corrected chi connectivity index (χ2v) is 7.06. The van der Waals surface area contributed by atoms with Gasteiger partial charge in [0.2, 0.25) is 0 Å². The molecule has 2 heterocycles. The van der Waals surface area contributed by atoms with Gasteiger partial charge >= 0.3 is 7.12 Å². The van der Waals surface area contributed by atoms with Gasteiger partial charge in [-0.1, -0.05) is 0 Å². The summed E-state index contributed by atoms with van der Waals surface area (Å²) in [5, 5.41) is 2.06. The van der Waals surface area contributed by atoms with Gasteiger partial charge in [-0.3, -0.25) is 0 Å². The van der Waals surface area contributed by atoms with Crippen molar-refractivity contribution in [3.63, 3.8) is 0 Å². The first-order valence-corrected chi connectivity index (χ1v) is 6.59. The van der Waals surface area contributed by atoms with Crippen molar-refractivity contribution in [2.75, 3.05) is 0 Å². The lowest BCUT2D eigenvalue weighted by molar-refractivity contribution is 0.00578. The van der Waals surface area contributed by atoms with Gasteiger partial charge in [0.15, 0.2) is 0 Å². The van der Waals surface area contributed by atoms with E-state index in [-0.39, 0.29) is 18.3 Å². The average molecular weight is 289 g/mol. The fourth-order valence-electron chi connectivity index (χ4n) is 1.43. The van der Waals surface area contributed by atoms with Crippen LogP contribution in [0.15, 0.2) is 15.2 Å². The molecule has 0 saturated carbocycles. The van der Waals surface area contributed by atoms with Crippen molar-refractivity contribution in [1.29, 1.82) is 0 Å². The van der Waals surface area contributed by atoms with Crippen LogP contribution in [0.4, 0.5) is 0 Å². The van der Waals surface area contributed by atoms with Gasteiger partial charge in [-0.15, -0.1) is 11.3 Å². The van der Waals surface area contributed by atoms with Gasteiger partial charge in [-0.05, 0) is 60.5 Å². The summed E-state index contributed by atoms with van der Waals surface area (Å²) in [5.41, 5.74) is 0.573. The van der Waals surface area contributed by atoms with Crippen molar-refractivity contribution in [3.05, 3.63) is 15.2 Å². The molecule has 0 spiro atoms. The maximum absolute atomic E-state index is 5.93. The molecule has 1 aromatic rings. The Morgan fingerprint density at radius 3 is 2.13 bits per heavy atom. The van der Waals surface area contributed by atoms with Crippen LogP contribution in [-0.2, 0) is 9.31 Å². The van der Waals surface area contributed by atoms with Crippen LogP contribution in [0, 0.1) is 0 Å². The third-order valence-electron chi connectivity index (χ3n) is 3.11. The summed E-state index contributed by atoms with van der Waals surface area (Å²) in [6.45, 7) is 8.26. The predicted octanol–water partition coefficient (Wildman–Crippen LogP) is 2.81. The van der Waals surface area contributed by atoms with Gasteiger partial charge in [-0.25, -0.2) is 0 Å². The maximum atomic E-state index is 5.93. The van der Waals surface area contributed by atoms with Crippen molar-refractivity contribution >= 4 is 39.8 Å². The Kier molecular flexibility index (Phi) is 2.78. The van der Waals surface area contributed by atoms with Crippen molar-refractivity contribution in [1.82, 2.24) is 0 Å². The second-order valence-electron chi connectivity index (χ2n) is 4.77. The molecule has 0 radical (unpaired) electrons. The quantitative estimate of drug-likeness (QED) is 0.740. The molecule has 0 amide bonds. The molecule has 1 fully saturated rings. The second kappa shape index (κ2) is 3.59. The third-order valence-corrected chi connectivity index (χ3v) is 4.64. The molecule has 0 unspecified atom stereocenters. The summed E-state index contributed by atoms with van der Waals surface area (Å²) in [4.78, 5) is 0. The zero-order valence-electron chi connectivity index (χ0n) is 9.33. The molecule has 5 heteroatoms. The first-order chi connectivity index (χ1) is 6.82. The molecule has 0 N–H and O–H groups in total. The van der Waals surface area contributed by atoms with Crippen LogP contribution in [0.1, 0.15) is 27.7 Å². The zero-order valence-corrected chi connectivity index (χ0v) is 11.7. The summed E-state index contributed by atoms with van der Waals surface area (Å²) in [6, 6.07) is 2.05. The van der Waals surface area contributed by atoms with Crippen LogP contribution in [0.2, 0.25) is 0 Å². The van der Waals surface area contributed by atoms with Crippen LogP contribution in [-0.4, -0.2) is 18.3 Å². The first-order valence-electron chi connectivity index (χ1n) is 4.91. The van der Waals surface area contributed by atoms with Crippen molar-refractivity contribution < 1.29 is 9.31 Å². The minimum atomic E-state index is -0.258. The molecule has 1 aromatic heterocycles. The van der Waals surface area contributed by atoms with E-state index in [1.54, 1.807) is 11.3 Å². The van der Waals surface area contributed by atoms with Gasteiger partial charge in [0.25, 0.3) is 0 Å². The molecule has 1 aliphatic rings. The molecule has 0 atom stereocenters. The lowest BCUT2D eigenvalue weighted by atomic mass is 9.82. The highest BCUT2D eigenvalue weighted by Crippen LogP contribution is 2.36. The summed E-state index contributed by atoms with van der Waals surface area (Å²) < 4.78 is 13.0. The van der Waals surface area contributed by atoms with E-state index in [0.717, 1.165) is 9.25 Å². The summed E-state index contributed by atoms with van der Waals surface area (Å²) in [7, 11) is -0.238. The number of hydrogen-bond acceptors (Lipinski definition) is 3. The summed E-state index contributed by atoms with van der Waals surface area (Å²) in [6.07, 6.45) is 0. The van der Waals surface area contributed by atoms with E-state index in [2.05, 4.69) is 49.0 Å². The van der Waals surface area contributed by atoms with Crippen LogP contribution in [0.25, 0.3) is 0 Å². The lowest BCUT2D eigenvalue weighted by Crippen LogP contribution is -2.41. The molecule has 1 saturated heterocycles. The molecule has 0 bridgehead atoms. The fraction of sp³-hybridized carbons (Fsp3) is 0.600. The highest BCUT2D eigenvalue weighted by molar-refractivity contribution is 9.11. The highest BCUT2D eigenvalue weighted by Gasteiger charge is 2.51. The largest absolute Gasteiger partial charge is 0.495 e. The monoisotopic (exact) mass is 288 g/mol. The molecule has 15 heavy (non-hydrogen) atoms. The molecule has 0 aliphatic carbocycles. The van der Waals surface area contributed by atoms with E-state index in [9.17, 15) is 0 Å². The smallest absolute Gasteiger partial charge is 0.399 e. The topological polar surface area (TPSA) is 18.5 Å². The van der Waals surface area contributed by atoms with E-state index < -0.39 is 0 Å². The standard InChI is InChI=1S/C10H14BBrO2S/c1-9(2)10(3,4)14-11(13-9)7-5-8(12)15-6-7/h5-6H,1-4H3. The number of thiophene rings is 1. The zero-order chi connectivity index (χ0) is 11.3. The number of halogens is 1. The minimum absolute atomic E-state index is 0.238. The van der Waals surface area contributed by atoms with Crippen LogP contribution >= 0.6 is 27.3 Å². The Hall–Kier alpha value is 0.165. The molecule has 2 nitrogen and oxygen atoms in total. The molecule has 82 valence electrons. The third kappa shape index (κ3) is 2.03. The van der Waals surface area contributed by atoms with Crippen LogP contribution in [0.3, 0.4) is 0 Å². The average Bonchev–Trinajstić information content (AvgIpc) is 2.56. The van der Waals surface area contributed by atoms with E-state index in [1.807, 2.05) is 6.07 Å². The van der Waals surface area contributed by atoms with Gasteiger partial charge in [0.05, 0.1) is 15.0 Å². The number of hydrogen-bond donors (Lipinski definition) is 0. The van der Waals surface area contributed by atoms with Crippen molar-refractivity contribution in [2.45, 2.75) is 38.9 Å². The van der Waals surface area contributed by atoms with Crippen molar-refractivity contribution in [2.24, 2.45) is 0 Å². The SMILES string of the molecule is CC1(C)OB(c2csc(Br)c2)OC1(C)C. The lowest BCUT2D eigenvalue weighted by Gasteiger charge is -2.32. The summed E-state index contributed by atoms with van der Waals surface area (Å²) >= 11 is 5.09. The Morgan fingerprint density at radius 1 is 1.20 bits per heavy atom. The molecule has 1 aliphatic heterocycles. The van der Waals surface area contributed by atoms with Crippen LogP contribution in [0.5, 0.6) is 0 Å². The number of rotatable bonds is 1. The van der Waals surface area contributed by atoms with E-state index in [0.29, 0.717) is 0 Å². The molecule has 2 rings (SSSR count). The van der Waals surface area contributed by atoms with Gasteiger partial charge in [-0.2, -0.15) is 0 Å². The first kappa shape index (κ1) is 11.6. The maximum Gasteiger partial charge on any atom is 0.495 e.